The van der Waals surface area contributed by atoms with Crippen molar-refractivity contribution >= 4 is 27.1 Å². The van der Waals surface area contributed by atoms with E-state index in [0.29, 0.717) is 30.4 Å². The van der Waals surface area contributed by atoms with E-state index in [2.05, 4.69) is 10.6 Å². The number of halogens is 1. The van der Waals surface area contributed by atoms with Gasteiger partial charge in [0.1, 0.15) is 23.9 Å². The van der Waals surface area contributed by atoms with Crippen LogP contribution in [0.1, 0.15) is 0 Å². The summed E-state index contributed by atoms with van der Waals surface area (Å²) in [7, 11) is -3.78. The number of rotatable bonds is 5. The van der Waals surface area contributed by atoms with Gasteiger partial charge in [-0.3, -0.25) is 4.79 Å². The molecule has 0 spiro atoms. The number of carbonyl (C=O) groups is 1. The van der Waals surface area contributed by atoms with Crippen LogP contribution in [0.2, 0.25) is 0 Å². The molecule has 1 aliphatic heterocycles. The Hall–Kier alpha value is -2.81. The fourth-order valence-electron chi connectivity index (χ4n) is 2.53. The lowest BCUT2D eigenvalue weighted by Gasteiger charge is -2.19. The van der Waals surface area contributed by atoms with Crippen LogP contribution in [-0.2, 0) is 14.6 Å². The second-order valence-electron chi connectivity index (χ2n) is 5.65. The maximum atomic E-state index is 13.8. The average Bonchev–Trinajstić information content (AvgIpc) is 2.58. The standard InChI is InChI=1S/C17H17FN2O5S/c1-26(22,23)17-12(18)3-2-4-13(17)19-10-16(21)20-11-5-6-14-15(9-11)25-8-7-24-14/h2-6,9,19H,7-8,10H2,1H3,(H,20,21). The number of carbonyl (C=O) groups excluding carboxylic acids is 1. The quantitative estimate of drug-likeness (QED) is 0.825. The van der Waals surface area contributed by atoms with E-state index in [-0.39, 0.29) is 12.2 Å². The SMILES string of the molecule is CS(=O)(=O)c1c(F)cccc1NCC(=O)Nc1ccc2c(c1)OCCO2. The number of fused-ring (bicyclic) bond motifs is 1. The van der Waals surface area contributed by atoms with Crippen LogP contribution in [0.3, 0.4) is 0 Å². The van der Waals surface area contributed by atoms with Gasteiger partial charge in [0, 0.05) is 18.0 Å². The van der Waals surface area contributed by atoms with E-state index in [1.165, 1.54) is 12.1 Å². The van der Waals surface area contributed by atoms with Gasteiger partial charge in [0.25, 0.3) is 0 Å². The van der Waals surface area contributed by atoms with E-state index >= 15 is 0 Å². The Morgan fingerprint density at radius 3 is 2.62 bits per heavy atom. The molecule has 0 radical (unpaired) electrons. The monoisotopic (exact) mass is 380 g/mol. The van der Waals surface area contributed by atoms with E-state index in [4.69, 9.17) is 9.47 Å². The normalized spacial score (nSPS) is 13.2. The number of amides is 1. The largest absolute Gasteiger partial charge is 0.486 e. The lowest BCUT2D eigenvalue weighted by atomic mass is 10.2. The Morgan fingerprint density at radius 2 is 1.88 bits per heavy atom. The third-order valence-corrected chi connectivity index (χ3v) is 4.76. The summed E-state index contributed by atoms with van der Waals surface area (Å²) in [5.41, 5.74) is 0.536. The topological polar surface area (TPSA) is 93.7 Å². The molecule has 7 nitrogen and oxygen atoms in total. The maximum absolute atomic E-state index is 13.8. The second-order valence-corrected chi connectivity index (χ2v) is 7.60. The van der Waals surface area contributed by atoms with E-state index in [1.807, 2.05) is 0 Å². The van der Waals surface area contributed by atoms with Gasteiger partial charge in [-0.15, -0.1) is 0 Å². The molecule has 0 fully saturated rings. The molecule has 0 aliphatic carbocycles. The Balaban J connectivity index is 1.68. The number of benzene rings is 2. The fraction of sp³-hybridized carbons (Fsp3) is 0.235. The average molecular weight is 380 g/mol. The van der Waals surface area contributed by atoms with E-state index in [1.54, 1.807) is 18.2 Å². The first-order chi connectivity index (χ1) is 12.3. The van der Waals surface area contributed by atoms with Gasteiger partial charge in [-0.1, -0.05) is 6.07 Å². The Morgan fingerprint density at radius 1 is 1.15 bits per heavy atom. The van der Waals surface area contributed by atoms with Crippen molar-refractivity contribution in [3.05, 3.63) is 42.2 Å². The molecule has 0 bridgehead atoms. The minimum absolute atomic E-state index is 0.0322. The molecule has 0 atom stereocenters. The summed E-state index contributed by atoms with van der Waals surface area (Å²) >= 11 is 0. The van der Waals surface area contributed by atoms with E-state index in [0.717, 1.165) is 12.3 Å². The molecule has 9 heteroatoms. The van der Waals surface area contributed by atoms with Crippen LogP contribution >= 0.6 is 0 Å². The first-order valence-corrected chi connectivity index (χ1v) is 9.65. The van der Waals surface area contributed by atoms with Gasteiger partial charge in [0.05, 0.1) is 12.2 Å². The summed E-state index contributed by atoms with van der Waals surface area (Å²) in [5, 5.41) is 5.31. The minimum atomic E-state index is -3.78. The molecule has 0 unspecified atom stereocenters. The minimum Gasteiger partial charge on any atom is -0.486 e. The maximum Gasteiger partial charge on any atom is 0.243 e. The van der Waals surface area contributed by atoms with E-state index in [9.17, 15) is 17.6 Å². The Kier molecular flexibility index (Phi) is 4.99. The second kappa shape index (κ2) is 7.20. The third kappa shape index (κ3) is 4.05. The van der Waals surface area contributed by atoms with Crippen molar-refractivity contribution in [3.63, 3.8) is 0 Å². The molecule has 1 heterocycles. The number of sulfone groups is 1. The van der Waals surface area contributed by atoms with Crippen molar-refractivity contribution in [1.29, 1.82) is 0 Å². The highest BCUT2D eigenvalue weighted by Gasteiger charge is 2.19. The lowest BCUT2D eigenvalue weighted by molar-refractivity contribution is -0.114. The van der Waals surface area contributed by atoms with Crippen LogP contribution < -0.4 is 20.1 Å². The highest BCUT2D eigenvalue weighted by atomic mass is 32.2. The van der Waals surface area contributed by atoms with Crippen LogP contribution in [0.25, 0.3) is 0 Å². The summed E-state index contributed by atoms with van der Waals surface area (Å²) in [4.78, 5) is 11.6. The summed E-state index contributed by atoms with van der Waals surface area (Å²) < 4.78 is 48.2. The van der Waals surface area contributed by atoms with Gasteiger partial charge >= 0.3 is 0 Å². The number of hydrogen-bond acceptors (Lipinski definition) is 6. The molecular weight excluding hydrogens is 363 g/mol. The molecule has 138 valence electrons. The van der Waals surface area contributed by atoms with Crippen molar-refractivity contribution in [2.24, 2.45) is 0 Å². The van der Waals surface area contributed by atoms with Gasteiger partial charge in [0.15, 0.2) is 21.3 Å². The molecule has 1 amide bonds. The van der Waals surface area contributed by atoms with Crippen molar-refractivity contribution in [2.75, 3.05) is 36.6 Å². The molecule has 2 aromatic rings. The molecule has 0 aromatic heterocycles. The Labute approximate surface area is 150 Å². The predicted octanol–water partition coefficient (Wildman–Crippen LogP) is 2.05. The zero-order valence-corrected chi connectivity index (χ0v) is 14.7. The first-order valence-electron chi connectivity index (χ1n) is 7.76. The van der Waals surface area contributed by atoms with Gasteiger partial charge in [-0.2, -0.15) is 0 Å². The van der Waals surface area contributed by atoms with Crippen molar-refractivity contribution < 1.29 is 27.1 Å². The Bertz CT molecular complexity index is 946. The van der Waals surface area contributed by atoms with Crippen molar-refractivity contribution in [1.82, 2.24) is 0 Å². The number of anilines is 2. The zero-order chi connectivity index (χ0) is 18.7. The molecule has 1 aliphatic rings. The third-order valence-electron chi connectivity index (χ3n) is 3.60. The summed E-state index contributed by atoms with van der Waals surface area (Å²) in [6.45, 7) is 0.666. The predicted molar refractivity (Wildman–Crippen MR) is 94.1 cm³/mol. The van der Waals surface area contributed by atoms with Gasteiger partial charge in [-0.25, -0.2) is 12.8 Å². The molecule has 3 rings (SSSR count). The van der Waals surface area contributed by atoms with Gasteiger partial charge < -0.3 is 20.1 Å². The van der Waals surface area contributed by atoms with E-state index < -0.39 is 26.5 Å². The van der Waals surface area contributed by atoms with Crippen molar-refractivity contribution in [2.45, 2.75) is 4.90 Å². The van der Waals surface area contributed by atoms with Crippen LogP contribution in [0.4, 0.5) is 15.8 Å². The summed E-state index contributed by atoms with van der Waals surface area (Å²) in [6.07, 6.45) is 0.909. The number of hydrogen-bond donors (Lipinski definition) is 2. The fourth-order valence-corrected chi connectivity index (χ4v) is 3.49. The van der Waals surface area contributed by atoms with Crippen LogP contribution in [-0.4, -0.2) is 40.3 Å². The first kappa shape index (κ1) is 18.0. The molecule has 2 aromatic carbocycles. The zero-order valence-electron chi connectivity index (χ0n) is 13.9. The number of ether oxygens (including phenoxy) is 2. The molecular formula is C17H17FN2O5S. The molecule has 26 heavy (non-hydrogen) atoms. The smallest absolute Gasteiger partial charge is 0.243 e. The van der Waals surface area contributed by atoms with Gasteiger partial charge in [-0.05, 0) is 24.3 Å². The number of nitrogens with one attached hydrogen (secondary N) is 2. The lowest BCUT2D eigenvalue weighted by Crippen LogP contribution is -2.23. The van der Waals surface area contributed by atoms with Crippen molar-refractivity contribution in [3.8, 4) is 11.5 Å². The summed E-state index contributed by atoms with van der Waals surface area (Å²) in [6, 6.07) is 8.80. The van der Waals surface area contributed by atoms with Crippen LogP contribution in [0.15, 0.2) is 41.3 Å². The van der Waals surface area contributed by atoms with Crippen LogP contribution in [0.5, 0.6) is 11.5 Å². The highest BCUT2D eigenvalue weighted by Crippen LogP contribution is 2.32. The van der Waals surface area contributed by atoms with Crippen LogP contribution in [0, 0.1) is 5.82 Å². The van der Waals surface area contributed by atoms with Gasteiger partial charge in [0.2, 0.25) is 5.91 Å². The molecule has 0 saturated heterocycles. The molecule has 0 saturated carbocycles. The summed E-state index contributed by atoms with van der Waals surface area (Å²) in [5.74, 6) is -0.161. The highest BCUT2D eigenvalue weighted by molar-refractivity contribution is 7.90. The molecule has 2 N–H and O–H groups in total.